The van der Waals surface area contributed by atoms with Gasteiger partial charge in [0.2, 0.25) is 0 Å². The van der Waals surface area contributed by atoms with Gasteiger partial charge >= 0.3 is 0 Å². The number of amides is 1. The number of nitriles is 1. The van der Waals surface area contributed by atoms with Crippen LogP contribution in [0.5, 0.6) is 5.75 Å². The second-order valence-corrected chi connectivity index (χ2v) is 7.46. The summed E-state index contributed by atoms with van der Waals surface area (Å²) in [5.74, 6) is 1.20. The standard InChI is InChI=1S/C23H18N2O2S/c24-14-17-7-6-10-19(13-17)27-15-23(26)25-20-11-4-5-12-22(20)28-16-21(25)18-8-2-1-3-9-18/h1-13,21H,15-16H2/t21-/m0/s1. The lowest BCUT2D eigenvalue weighted by Crippen LogP contribution is -2.41. The Morgan fingerprint density at radius 3 is 2.68 bits per heavy atom. The van der Waals surface area contributed by atoms with Crippen molar-refractivity contribution in [3.8, 4) is 11.8 Å². The Hall–Kier alpha value is -3.23. The van der Waals surface area contributed by atoms with E-state index in [1.54, 1.807) is 36.0 Å². The molecular formula is C23H18N2O2S. The molecule has 1 aliphatic rings. The maximum Gasteiger partial charge on any atom is 0.265 e. The van der Waals surface area contributed by atoms with Crippen molar-refractivity contribution in [2.24, 2.45) is 0 Å². The zero-order chi connectivity index (χ0) is 19.3. The maximum absolute atomic E-state index is 13.2. The fourth-order valence-corrected chi connectivity index (χ4v) is 4.46. The lowest BCUT2D eigenvalue weighted by molar-refractivity contribution is -0.121. The van der Waals surface area contributed by atoms with Gasteiger partial charge in [-0.05, 0) is 35.9 Å². The van der Waals surface area contributed by atoms with Crippen LogP contribution < -0.4 is 9.64 Å². The molecule has 0 bridgehead atoms. The van der Waals surface area contributed by atoms with Crippen LogP contribution >= 0.6 is 11.8 Å². The fraction of sp³-hybridized carbons (Fsp3) is 0.130. The maximum atomic E-state index is 13.2. The Kier molecular flexibility index (Phi) is 5.31. The van der Waals surface area contributed by atoms with Gasteiger partial charge in [0.05, 0.1) is 23.4 Å². The van der Waals surface area contributed by atoms with Crippen molar-refractivity contribution in [1.82, 2.24) is 0 Å². The summed E-state index contributed by atoms with van der Waals surface area (Å²) in [5, 5.41) is 9.03. The largest absolute Gasteiger partial charge is 0.484 e. The predicted octanol–water partition coefficient (Wildman–Crippen LogP) is 4.82. The molecule has 1 amide bonds. The van der Waals surface area contributed by atoms with E-state index in [4.69, 9.17) is 10.00 Å². The van der Waals surface area contributed by atoms with Crippen LogP contribution in [-0.4, -0.2) is 18.3 Å². The van der Waals surface area contributed by atoms with Crippen molar-refractivity contribution >= 4 is 23.4 Å². The van der Waals surface area contributed by atoms with Crippen molar-refractivity contribution < 1.29 is 9.53 Å². The summed E-state index contributed by atoms with van der Waals surface area (Å²) >= 11 is 1.76. The van der Waals surface area contributed by atoms with Crippen molar-refractivity contribution in [3.05, 3.63) is 90.0 Å². The topological polar surface area (TPSA) is 53.3 Å². The van der Waals surface area contributed by atoms with E-state index in [0.29, 0.717) is 11.3 Å². The Morgan fingerprint density at radius 1 is 1.07 bits per heavy atom. The first-order valence-corrected chi connectivity index (χ1v) is 9.96. The number of rotatable bonds is 4. The van der Waals surface area contributed by atoms with Crippen LogP contribution in [0.15, 0.2) is 83.8 Å². The van der Waals surface area contributed by atoms with E-state index in [1.807, 2.05) is 47.4 Å². The molecule has 4 rings (SSSR count). The Bertz CT molecular complexity index is 1030. The molecule has 138 valence electrons. The molecule has 0 saturated carbocycles. The molecule has 5 heteroatoms. The van der Waals surface area contributed by atoms with Crippen LogP contribution in [-0.2, 0) is 4.79 Å². The summed E-state index contributed by atoms with van der Waals surface area (Å²) in [6, 6.07) is 26.9. The second kappa shape index (κ2) is 8.20. The van der Waals surface area contributed by atoms with Gasteiger partial charge in [-0.25, -0.2) is 0 Å². The quantitative estimate of drug-likeness (QED) is 0.645. The van der Waals surface area contributed by atoms with E-state index >= 15 is 0 Å². The van der Waals surface area contributed by atoms with E-state index in [0.717, 1.165) is 21.9 Å². The first-order chi connectivity index (χ1) is 13.8. The number of hydrogen-bond acceptors (Lipinski definition) is 4. The average Bonchev–Trinajstić information content (AvgIpc) is 2.77. The van der Waals surface area contributed by atoms with Crippen molar-refractivity contribution in [2.75, 3.05) is 17.3 Å². The minimum atomic E-state index is -0.107. The normalized spacial score (nSPS) is 15.4. The summed E-state index contributed by atoms with van der Waals surface area (Å²) in [7, 11) is 0. The molecule has 0 saturated heterocycles. The summed E-state index contributed by atoms with van der Waals surface area (Å²) in [5.41, 5.74) is 2.52. The Morgan fingerprint density at radius 2 is 1.86 bits per heavy atom. The molecule has 0 spiro atoms. The highest BCUT2D eigenvalue weighted by Gasteiger charge is 2.32. The molecule has 3 aromatic carbocycles. The van der Waals surface area contributed by atoms with Crippen molar-refractivity contribution in [3.63, 3.8) is 0 Å². The summed E-state index contributed by atoms with van der Waals surface area (Å²) in [6.07, 6.45) is 0. The van der Waals surface area contributed by atoms with Crippen LogP contribution in [0.4, 0.5) is 5.69 Å². The van der Waals surface area contributed by atoms with Crippen LogP contribution in [0.25, 0.3) is 0 Å². The zero-order valence-corrected chi connectivity index (χ0v) is 15.9. The number of fused-ring (bicyclic) bond motifs is 1. The number of thioether (sulfide) groups is 1. The molecule has 0 aliphatic carbocycles. The average molecular weight is 386 g/mol. The smallest absolute Gasteiger partial charge is 0.265 e. The highest BCUT2D eigenvalue weighted by Crippen LogP contribution is 2.43. The number of para-hydroxylation sites is 1. The lowest BCUT2D eigenvalue weighted by Gasteiger charge is -2.37. The third-order valence-corrected chi connectivity index (χ3v) is 5.75. The first-order valence-electron chi connectivity index (χ1n) is 8.98. The number of hydrogen-bond donors (Lipinski definition) is 0. The zero-order valence-electron chi connectivity index (χ0n) is 15.1. The van der Waals surface area contributed by atoms with Crippen molar-refractivity contribution in [2.45, 2.75) is 10.9 Å². The van der Waals surface area contributed by atoms with Gasteiger partial charge in [0.15, 0.2) is 6.61 Å². The van der Waals surface area contributed by atoms with Crippen LogP contribution in [0.1, 0.15) is 17.2 Å². The Balaban J connectivity index is 1.61. The highest BCUT2D eigenvalue weighted by molar-refractivity contribution is 7.99. The molecule has 0 aromatic heterocycles. The first kappa shape index (κ1) is 18.1. The number of anilines is 1. The fourth-order valence-electron chi connectivity index (χ4n) is 3.29. The van der Waals surface area contributed by atoms with Crippen LogP contribution in [0.2, 0.25) is 0 Å². The SMILES string of the molecule is N#Cc1cccc(OCC(=O)N2c3ccccc3SC[C@H]2c2ccccc2)c1. The van der Waals surface area contributed by atoms with E-state index < -0.39 is 0 Å². The third kappa shape index (κ3) is 3.73. The van der Waals surface area contributed by atoms with Gasteiger partial charge in [0.1, 0.15) is 5.75 Å². The molecule has 0 N–H and O–H groups in total. The second-order valence-electron chi connectivity index (χ2n) is 6.40. The number of nitrogens with zero attached hydrogens (tertiary/aromatic N) is 2. The molecular weight excluding hydrogens is 368 g/mol. The van der Waals surface area contributed by atoms with E-state index in [-0.39, 0.29) is 18.6 Å². The molecule has 1 aliphatic heterocycles. The molecule has 3 aromatic rings. The minimum Gasteiger partial charge on any atom is -0.484 e. The summed E-state index contributed by atoms with van der Waals surface area (Å²) in [4.78, 5) is 16.1. The van der Waals surface area contributed by atoms with Gasteiger partial charge in [0, 0.05) is 10.6 Å². The van der Waals surface area contributed by atoms with E-state index in [2.05, 4.69) is 18.2 Å². The minimum absolute atomic E-state index is 0.0531. The van der Waals surface area contributed by atoms with Gasteiger partial charge in [-0.3, -0.25) is 9.69 Å². The molecule has 28 heavy (non-hydrogen) atoms. The summed E-state index contributed by atoms with van der Waals surface area (Å²) in [6.45, 7) is -0.0861. The number of benzene rings is 3. The van der Waals surface area contributed by atoms with Crippen LogP contribution in [0.3, 0.4) is 0 Å². The van der Waals surface area contributed by atoms with E-state index in [1.165, 1.54) is 0 Å². The third-order valence-electron chi connectivity index (χ3n) is 4.61. The van der Waals surface area contributed by atoms with Gasteiger partial charge in [0.25, 0.3) is 5.91 Å². The molecule has 0 unspecified atom stereocenters. The van der Waals surface area contributed by atoms with Gasteiger partial charge in [-0.15, -0.1) is 11.8 Å². The van der Waals surface area contributed by atoms with Crippen molar-refractivity contribution in [1.29, 1.82) is 5.26 Å². The molecule has 1 heterocycles. The summed E-state index contributed by atoms with van der Waals surface area (Å²) < 4.78 is 5.71. The van der Waals surface area contributed by atoms with Gasteiger partial charge < -0.3 is 4.74 Å². The molecule has 4 nitrogen and oxygen atoms in total. The monoisotopic (exact) mass is 386 g/mol. The number of carbonyl (C=O) groups is 1. The highest BCUT2D eigenvalue weighted by atomic mass is 32.2. The molecule has 0 radical (unpaired) electrons. The van der Waals surface area contributed by atoms with Gasteiger partial charge in [-0.1, -0.05) is 48.5 Å². The van der Waals surface area contributed by atoms with Gasteiger partial charge in [-0.2, -0.15) is 5.26 Å². The number of carbonyl (C=O) groups excluding carboxylic acids is 1. The molecule has 1 atom stereocenters. The number of ether oxygens (including phenoxy) is 1. The molecule has 0 fully saturated rings. The Labute approximate surface area is 168 Å². The van der Waals surface area contributed by atoms with E-state index in [9.17, 15) is 4.79 Å². The predicted molar refractivity (Wildman–Crippen MR) is 110 cm³/mol. The lowest BCUT2D eigenvalue weighted by atomic mass is 10.1. The van der Waals surface area contributed by atoms with Crippen LogP contribution in [0, 0.1) is 11.3 Å².